The molecule has 0 saturated heterocycles. The van der Waals surface area contributed by atoms with Gasteiger partial charge in [-0.2, -0.15) is 8.42 Å². The summed E-state index contributed by atoms with van der Waals surface area (Å²) in [7, 11) is -3.90. The first-order chi connectivity index (χ1) is 4.99. The Bertz CT molecular complexity index is 235. The lowest BCUT2D eigenvalue weighted by Gasteiger charge is -2.04. The SMILES string of the molecule is C#CC(CCC)CS(=O)(=O)O. The van der Waals surface area contributed by atoms with Crippen LogP contribution in [0.1, 0.15) is 19.8 Å². The van der Waals surface area contributed by atoms with Crippen LogP contribution in [0.15, 0.2) is 0 Å². The van der Waals surface area contributed by atoms with E-state index in [2.05, 4.69) is 5.92 Å². The third-order valence-electron chi connectivity index (χ3n) is 1.28. The summed E-state index contributed by atoms with van der Waals surface area (Å²) in [6.07, 6.45) is 6.50. The molecule has 0 aromatic rings. The van der Waals surface area contributed by atoms with Crippen LogP contribution in [0.5, 0.6) is 0 Å². The van der Waals surface area contributed by atoms with E-state index in [1.807, 2.05) is 6.92 Å². The fourth-order valence-corrected chi connectivity index (χ4v) is 1.59. The van der Waals surface area contributed by atoms with E-state index in [9.17, 15) is 8.42 Å². The van der Waals surface area contributed by atoms with Gasteiger partial charge in [-0.05, 0) is 6.42 Å². The highest BCUT2D eigenvalue weighted by Gasteiger charge is 2.12. The number of hydrogen-bond acceptors (Lipinski definition) is 2. The smallest absolute Gasteiger partial charge is 0.266 e. The molecule has 0 aliphatic heterocycles. The molecule has 0 aromatic carbocycles. The van der Waals surface area contributed by atoms with Crippen LogP contribution >= 0.6 is 0 Å². The Kier molecular flexibility index (Phi) is 4.16. The minimum absolute atomic E-state index is 0.322. The predicted molar refractivity (Wildman–Crippen MR) is 43.6 cm³/mol. The lowest BCUT2D eigenvalue weighted by molar-refractivity contribution is 0.472. The molecule has 1 unspecified atom stereocenters. The number of terminal acetylenes is 1. The largest absolute Gasteiger partial charge is 0.286 e. The van der Waals surface area contributed by atoms with Gasteiger partial charge in [0.1, 0.15) is 0 Å². The van der Waals surface area contributed by atoms with E-state index in [4.69, 9.17) is 11.0 Å². The van der Waals surface area contributed by atoms with E-state index in [1.165, 1.54) is 0 Å². The molecular formula is C7H12O3S. The lowest BCUT2D eigenvalue weighted by Crippen LogP contribution is -2.13. The monoisotopic (exact) mass is 176 g/mol. The summed E-state index contributed by atoms with van der Waals surface area (Å²) < 4.78 is 29.1. The van der Waals surface area contributed by atoms with Crippen LogP contribution < -0.4 is 0 Å². The van der Waals surface area contributed by atoms with Crippen molar-refractivity contribution in [2.45, 2.75) is 19.8 Å². The van der Waals surface area contributed by atoms with Crippen LogP contribution in [0.25, 0.3) is 0 Å². The first-order valence-corrected chi connectivity index (χ1v) is 5.01. The molecule has 0 saturated carbocycles. The molecule has 4 heteroatoms. The van der Waals surface area contributed by atoms with Gasteiger partial charge < -0.3 is 0 Å². The van der Waals surface area contributed by atoms with E-state index in [0.717, 1.165) is 6.42 Å². The minimum atomic E-state index is -3.90. The lowest BCUT2D eigenvalue weighted by atomic mass is 10.1. The molecular weight excluding hydrogens is 164 g/mol. The summed E-state index contributed by atoms with van der Waals surface area (Å²) >= 11 is 0. The third-order valence-corrected chi connectivity index (χ3v) is 2.11. The van der Waals surface area contributed by atoms with Crippen molar-refractivity contribution < 1.29 is 13.0 Å². The molecule has 0 bridgehead atoms. The van der Waals surface area contributed by atoms with Gasteiger partial charge in [0.2, 0.25) is 0 Å². The zero-order chi connectivity index (χ0) is 8.91. The molecule has 0 spiro atoms. The summed E-state index contributed by atoms with van der Waals surface area (Å²) in [5.74, 6) is 1.65. The molecule has 1 atom stereocenters. The topological polar surface area (TPSA) is 54.4 Å². The molecule has 64 valence electrons. The second-order valence-corrected chi connectivity index (χ2v) is 3.90. The molecule has 1 N–H and O–H groups in total. The third kappa shape index (κ3) is 5.89. The van der Waals surface area contributed by atoms with Gasteiger partial charge in [0, 0.05) is 5.92 Å². The molecule has 0 amide bonds. The van der Waals surface area contributed by atoms with Crippen molar-refractivity contribution in [3.63, 3.8) is 0 Å². The van der Waals surface area contributed by atoms with Crippen LogP contribution in [-0.4, -0.2) is 18.7 Å². The average molecular weight is 176 g/mol. The Morgan fingerprint density at radius 2 is 2.18 bits per heavy atom. The average Bonchev–Trinajstić information content (AvgIpc) is 1.84. The maximum absolute atomic E-state index is 10.3. The quantitative estimate of drug-likeness (QED) is 0.512. The fraction of sp³-hybridized carbons (Fsp3) is 0.714. The Balaban J connectivity index is 4.02. The summed E-state index contributed by atoms with van der Waals surface area (Å²) in [6, 6.07) is 0. The highest BCUT2D eigenvalue weighted by atomic mass is 32.2. The first kappa shape index (κ1) is 10.5. The number of hydrogen-bond donors (Lipinski definition) is 1. The molecule has 0 radical (unpaired) electrons. The minimum Gasteiger partial charge on any atom is -0.286 e. The predicted octanol–water partition coefficient (Wildman–Crippen LogP) is 0.924. The Morgan fingerprint density at radius 3 is 2.45 bits per heavy atom. The van der Waals surface area contributed by atoms with Crippen molar-refractivity contribution >= 4 is 10.1 Å². The standard InChI is InChI=1S/C7H12O3S/c1-3-5-7(4-2)6-11(8,9)10/h2,7H,3,5-6H2,1H3,(H,8,9,10). The first-order valence-electron chi connectivity index (χ1n) is 3.41. The van der Waals surface area contributed by atoms with Crippen molar-refractivity contribution in [1.82, 2.24) is 0 Å². The molecule has 0 aliphatic carbocycles. The van der Waals surface area contributed by atoms with Crippen LogP contribution in [0.3, 0.4) is 0 Å². The second kappa shape index (κ2) is 4.37. The molecule has 0 heterocycles. The van der Waals surface area contributed by atoms with Gasteiger partial charge in [-0.15, -0.1) is 12.3 Å². The molecule has 0 aliphatic rings. The van der Waals surface area contributed by atoms with E-state index in [-0.39, 0.29) is 11.7 Å². The van der Waals surface area contributed by atoms with Gasteiger partial charge in [0.25, 0.3) is 10.1 Å². The van der Waals surface area contributed by atoms with E-state index >= 15 is 0 Å². The molecule has 0 aromatic heterocycles. The highest BCUT2D eigenvalue weighted by molar-refractivity contribution is 7.85. The highest BCUT2D eigenvalue weighted by Crippen LogP contribution is 2.06. The van der Waals surface area contributed by atoms with Crippen LogP contribution in [0.2, 0.25) is 0 Å². The van der Waals surface area contributed by atoms with Gasteiger partial charge in [-0.25, -0.2) is 0 Å². The summed E-state index contributed by atoms with van der Waals surface area (Å²) in [6.45, 7) is 1.91. The van der Waals surface area contributed by atoms with Crippen LogP contribution in [0.4, 0.5) is 0 Å². The van der Waals surface area contributed by atoms with Gasteiger partial charge >= 0.3 is 0 Å². The van der Waals surface area contributed by atoms with Crippen molar-refractivity contribution in [3.8, 4) is 12.3 Å². The Morgan fingerprint density at radius 1 is 1.64 bits per heavy atom. The van der Waals surface area contributed by atoms with Crippen molar-refractivity contribution in [1.29, 1.82) is 0 Å². The molecule has 3 nitrogen and oxygen atoms in total. The second-order valence-electron chi connectivity index (χ2n) is 2.40. The summed E-state index contributed by atoms with van der Waals surface area (Å²) in [4.78, 5) is 0. The maximum atomic E-state index is 10.3. The number of rotatable bonds is 4. The maximum Gasteiger partial charge on any atom is 0.266 e. The van der Waals surface area contributed by atoms with Crippen LogP contribution in [0, 0.1) is 18.3 Å². The van der Waals surface area contributed by atoms with E-state index in [0.29, 0.717) is 6.42 Å². The summed E-state index contributed by atoms with van der Waals surface area (Å²) in [5, 5.41) is 0. The normalized spacial score (nSPS) is 13.9. The van der Waals surface area contributed by atoms with Gasteiger partial charge in [0.15, 0.2) is 0 Å². The van der Waals surface area contributed by atoms with Crippen LogP contribution in [-0.2, 0) is 10.1 Å². The summed E-state index contributed by atoms with van der Waals surface area (Å²) in [5.41, 5.74) is 0. The van der Waals surface area contributed by atoms with Gasteiger partial charge in [-0.3, -0.25) is 4.55 Å². The van der Waals surface area contributed by atoms with Crippen molar-refractivity contribution in [2.24, 2.45) is 5.92 Å². The zero-order valence-electron chi connectivity index (χ0n) is 6.45. The van der Waals surface area contributed by atoms with Crippen molar-refractivity contribution in [2.75, 3.05) is 5.75 Å². The van der Waals surface area contributed by atoms with Crippen molar-refractivity contribution in [3.05, 3.63) is 0 Å². The van der Waals surface area contributed by atoms with Gasteiger partial charge in [0.05, 0.1) is 5.75 Å². The Hall–Kier alpha value is -0.530. The van der Waals surface area contributed by atoms with E-state index < -0.39 is 10.1 Å². The van der Waals surface area contributed by atoms with E-state index in [1.54, 1.807) is 0 Å². The molecule has 11 heavy (non-hydrogen) atoms. The van der Waals surface area contributed by atoms with Gasteiger partial charge in [-0.1, -0.05) is 13.3 Å². The molecule has 0 rings (SSSR count). The Labute approximate surface area is 67.6 Å². The zero-order valence-corrected chi connectivity index (χ0v) is 7.26. The fourth-order valence-electron chi connectivity index (χ4n) is 0.817. The molecule has 0 fully saturated rings.